The van der Waals surface area contributed by atoms with Crippen molar-refractivity contribution in [3.63, 3.8) is 0 Å². The van der Waals surface area contributed by atoms with Crippen molar-refractivity contribution in [3.05, 3.63) is 30.1 Å². The Kier molecular flexibility index (Phi) is 6.85. The molecule has 0 saturated carbocycles. The predicted octanol–water partition coefficient (Wildman–Crippen LogP) is 2.74. The molecule has 2 aliphatic rings. The molecule has 1 aromatic heterocycles. The van der Waals surface area contributed by atoms with Crippen LogP contribution in [0.1, 0.15) is 45.1 Å². The quantitative estimate of drug-likeness (QED) is 0.734. The number of likely N-dealkylation sites (tertiary alicyclic amines) is 1. The molecule has 0 bridgehead atoms. The SMILES string of the molecule is CC(C(=O)N[C@@H]1C[C@H](C)CN(c2ccc(C(F)F)c3nccnc23)C1)N1CCC(O)CC1. The number of halogens is 2. The fourth-order valence-electron chi connectivity index (χ4n) is 4.91. The summed E-state index contributed by atoms with van der Waals surface area (Å²) in [6, 6.07) is 2.81. The number of carbonyl (C=O) groups excluding carboxylic acids is 1. The number of aliphatic hydroxyl groups is 1. The van der Waals surface area contributed by atoms with Crippen molar-refractivity contribution in [1.29, 1.82) is 0 Å². The first-order valence-electron chi connectivity index (χ1n) is 11.3. The van der Waals surface area contributed by atoms with Crippen molar-refractivity contribution >= 4 is 22.6 Å². The van der Waals surface area contributed by atoms with E-state index in [1.807, 2.05) is 6.92 Å². The van der Waals surface area contributed by atoms with E-state index < -0.39 is 6.43 Å². The average Bonchev–Trinajstić information content (AvgIpc) is 2.77. The van der Waals surface area contributed by atoms with E-state index in [1.54, 1.807) is 6.07 Å². The van der Waals surface area contributed by atoms with Gasteiger partial charge in [-0.15, -0.1) is 0 Å². The summed E-state index contributed by atoms with van der Waals surface area (Å²) < 4.78 is 26.9. The number of hydrogen-bond acceptors (Lipinski definition) is 6. The third kappa shape index (κ3) is 4.83. The van der Waals surface area contributed by atoms with Gasteiger partial charge in [0.05, 0.1) is 23.3 Å². The molecule has 7 nitrogen and oxygen atoms in total. The van der Waals surface area contributed by atoms with E-state index in [-0.39, 0.29) is 35.2 Å². The van der Waals surface area contributed by atoms with Crippen molar-refractivity contribution in [2.24, 2.45) is 5.92 Å². The number of aromatic nitrogens is 2. The van der Waals surface area contributed by atoms with E-state index in [1.165, 1.54) is 18.5 Å². The minimum atomic E-state index is -2.62. The molecule has 2 aromatic rings. The Bertz CT molecular complexity index is 951. The molecule has 32 heavy (non-hydrogen) atoms. The largest absolute Gasteiger partial charge is 0.393 e. The van der Waals surface area contributed by atoms with E-state index in [0.29, 0.717) is 43.9 Å². The number of benzene rings is 1. The molecule has 2 N–H and O–H groups in total. The molecule has 1 amide bonds. The summed E-state index contributed by atoms with van der Waals surface area (Å²) in [5.41, 5.74) is 1.33. The fraction of sp³-hybridized carbons (Fsp3) is 0.609. The Labute approximate surface area is 186 Å². The Balaban J connectivity index is 1.49. The van der Waals surface area contributed by atoms with E-state index in [0.717, 1.165) is 18.7 Å². The van der Waals surface area contributed by atoms with Crippen LogP contribution in [0.15, 0.2) is 24.5 Å². The van der Waals surface area contributed by atoms with Crippen LogP contribution in [0.5, 0.6) is 0 Å². The second kappa shape index (κ2) is 9.62. The molecule has 3 heterocycles. The molecule has 3 atom stereocenters. The molecule has 0 spiro atoms. The van der Waals surface area contributed by atoms with Crippen molar-refractivity contribution in [1.82, 2.24) is 20.2 Å². The molecule has 4 rings (SSSR count). The Hall–Kier alpha value is -2.39. The summed E-state index contributed by atoms with van der Waals surface area (Å²) in [4.78, 5) is 25.7. The number of hydrogen-bond donors (Lipinski definition) is 2. The van der Waals surface area contributed by atoms with Crippen LogP contribution < -0.4 is 10.2 Å². The summed E-state index contributed by atoms with van der Waals surface area (Å²) in [6.07, 6.45) is 2.29. The number of rotatable bonds is 5. The number of nitrogens with zero attached hydrogens (tertiary/aromatic N) is 4. The van der Waals surface area contributed by atoms with Crippen LogP contribution in [0.25, 0.3) is 11.0 Å². The van der Waals surface area contributed by atoms with Gasteiger partial charge >= 0.3 is 0 Å². The van der Waals surface area contributed by atoms with Crippen molar-refractivity contribution in [2.75, 3.05) is 31.1 Å². The van der Waals surface area contributed by atoms with Crippen LogP contribution in [-0.4, -0.2) is 70.2 Å². The second-order valence-electron chi connectivity index (χ2n) is 9.12. The molecule has 0 radical (unpaired) electrons. The summed E-state index contributed by atoms with van der Waals surface area (Å²) >= 11 is 0. The highest BCUT2D eigenvalue weighted by Gasteiger charge is 2.31. The lowest BCUT2D eigenvalue weighted by Gasteiger charge is -2.40. The van der Waals surface area contributed by atoms with E-state index in [4.69, 9.17) is 0 Å². The van der Waals surface area contributed by atoms with Crippen LogP contribution in [0, 0.1) is 5.92 Å². The minimum Gasteiger partial charge on any atom is -0.393 e. The van der Waals surface area contributed by atoms with Gasteiger partial charge in [-0.3, -0.25) is 19.7 Å². The topological polar surface area (TPSA) is 81.6 Å². The molecule has 174 valence electrons. The van der Waals surface area contributed by atoms with Gasteiger partial charge < -0.3 is 15.3 Å². The van der Waals surface area contributed by atoms with E-state index in [2.05, 4.69) is 32.0 Å². The summed E-state index contributed by atoms with van der Waals surface area (Å²) in [7, 11) is 0. The van der Waals surface area contributed by atoms with Crippen molar-refractivity contribution in [2.45, 2.75) is 57.7 Å². The Morgan fingerprint density at radius 1 is 1.16 bits per heavy atom. The molecule has 2 fully saturated rings. The van der Waals surface area contributed by atoms with Gasteiger partial charge in [-0.2, -0.15) is 0 Å². The van der Waals surface area contributed by atoms with Crippen molar-refractivity contribution in [3.8, 4) is 0 Å². The van der Waals surface area contributed by atoms with Gasteiger partial charge in [0.15, 0.2) is 0 Å². The number of alkyl halides is 2. The number of anilines is 1. The number of piperidine rings is 2. The van der Waals surface area contributed by atoms with Gasteiger partial charge in [0.1, 0.15) is 5.52 Å². The summed E-state index contributed by atoms with van der Waals surface area (Å²) in [5, 5.41) is 12.9. The van der Waals surface area contributed by atoms with Gasteiger partial charge in [-0.1, -0.05) is 6.92 Å². The van der Waals surface area contributed by atoms with Crippen LogP contribution in [-0.2, 0) is 4.79 Å². The first-order valence-corrected chi connectivity index (χ1v) is 11.3. The van der Waals surface area contributed by atoms with Crippen LogP contribution in [0.4, 0.5) is 14.5 Å². The highest BCUT2D eigenvalue weighted by Crippen LogP contribution is 2.33. The predicted molar refractivity (Wildman–Crippen MR) is 119 cm³/mol. The molecular weight excluding hydrogens is 416 g/mol. The highest BCUT2D eigenvalue weighted by molar-refractivity contribution is 5.90. The monoisotopic (exact) mass is 447 g/mol. The molecule has 1 aromatic carbocycles. The van der Waals surface area contributed by atoms with Crippen molar-refractivity contribution < 1.29 is 18.7 Å². The highest BCUT2D eigenvalue weighted by atomic mass is 19.3. The average molecular weight is 448 g/mol. The first-order chi connectivity index (χ1) is 15.3. The zero-order valence-corrected chi connectivity index (χ0v) is 18.5. The maximum Gasteiger partial charge on any atom is 0.266 e. The number of nitrogens with one attached hydrogen (secondary N) is 1. The summed E-state index contributed by atoms with van der Waals surface area (Å²) in [5.74, 6) is 0.300. The zero-order chi connectivity index (χ0) is 22.8. The second-order valence-corrected chi connectivity index (χ2v) is 9.12. The molecule has 0 aliphatic carbocycles. The van der Waals surface area contributed by atoms with Crippen LogP contribution >= 0.6 is 0 Å². The maximum absolute atomic E-state index is 13.4. The van der Waals surface area contributed by atoms with Gasteiger partial charge in [-0.05, 0) is 44.2 Å². The first kappa shape index (κ1) is 22.8. The normalized spacial score (nSPS) is 24.1. The number of carbonyl (C=O) groups is 1. The minimum absolute atomic E-state index is 0.0156. The number of amides is 1. The number of fused-ring (bicyclic) bond motifs is 1. The van der Waals surface area contributed by atoms with Crippen LogP contribution in [0.2, 0.25) is 0 Å². The van der Waals surface area contributed by atoms with E-state index in [9.17, 15) is 18.7 Å². The van der Waals surface area contributed by atoms with Gasteiger partial charge in [0, 0.05) is 50.2 Å². The van der Waals surface area contributed by atoms with Crippen LogP contribution in [0.3, 0.4) is 0 Å². The van der Waals surface area contributed by atoms with Gasteiger partial charge in [0.2, 0.25) is 5.91 Å². The zero-order valence-electron chi connectivity index (χ0n) is 18.5. The third-order valence-electron chi connectivity index (χ3n) is 6.64. The van der Waals surface area contributed by atoms with Gasteiger partial charge in [-0.25, -0.2) is 8.78 Å². The van der Waals surface area contributed by atoms with E-state index >= 15 is 0 Å². The lowest BCUT2D eigenvalue weighted by Crippen LogP contribution is -2.55. The molecule has 9 heteroatoms. The third-order valence-corrected chi connectivity index (χ3v) is 6.64. The fourth-order valence-corrected chi connectivity index (χ4v) is 4.91. The molecular formula is C23H31F2N5O2. The Morgan fingerprint density at radius 3 is 2.53 bits per heavy atom. The van der Waals surface area contributed by atoms with Gasteiger partial charge in [0.25, 0.3) is 6.43 Å². The lowest BCUT2D eigenvalue weighted by molar-refractivity contribution is -0.127. The maximum atomic E-state index is 13.4. The molecule has 2 aliphatic heterocycles. The number of aliphatic hydroxyl groups excluding tert-OH is 1. The molecule has 2 saturated heterocycles. The lowest BCUT2D eigenvalue weighted by atomic mass is 9.94. The molecule has 1 unspecified atom stereocenters. The summed E-state index contributed by atoms with van der Waals surface area (Å²) in [6.45, 7) is 6.80. The standard InChI is InChI=1S/C23H31F2N5O2/c1-14-11-16(28-23(32)15(2)29-9-5-17(31)6-10-29)13-30(12-14)19-4-3-18(22(24)25)20-21(19)27-8-7-26-20/h3-4,7-8,14-17,22,31H,5-6,9-13H2,1-2H3,(H,28,32)/t14-,15?,16+/m0/s1. The smallest absolute Gasteiger partial charge is 0.266 e. The Morgan fingerprint density at radius 2 is 1.84 bits per heavy atom.